The number of ether oxygens (including phenoxy) is 1. The van der Waals surface area contributed by atoms with Crippen LogP contribution in [0.2, 0.25) is 5.02 Å². The Hall–Kier alpha value is -3.96. The van der Waals surface area contributed by atoms with Gasteiger partial charge < -0.3 is 19.9 Å². The van der Waals surface area contributed by atoms with E-state index in [1.54, 1.807) is 48.9 Å². The fraction of sp³-hybridized carbons (Fsp3) is 0.172. The van der Waals surface area contributed by atoms with Crippen LogP contribution in [-0.4, -0.2) is 43.6 Å². The second-order valence-electron chi connectivity index (χ2n) is 9.22. The zero-order valence-corrected chi connectivity index (χ0v) is 23.0. The molecular formula is C29H26ClN7O2S. The van der Waals surface area contributed by atoms with Gasteiger partial charge in [0.2, 0.25) is 11.8 Å². The molecule has 0 bridgehead atoms. The maximum absolute atomic E-state index is 13.1. The number of nitrogens with one attached hydrogen (secondary N) is 3. The minimum Gasteiger partial charge on any atom is -0.588 e. The summed E-state index contributed by atoms with van der Waals surface area (Å²) in [4.78, 5) is 18.6. The molecule has 3 N–H and O–H groups in total. The average Bonchev–Trinajstić information content (AvgIpc) is 2.99. The molecule has 40 heavy (non-hydrogen) atoms. The van der Waals surface area contributed by atoms with Crippen molar-refractivity contribution in [2.45, 2.75) is 23.8 Å². The van der Waals surface area contributed by atoms with Crippen LogP contribution >= 0.6 is 11.6 Å². The van der Waals surface area contributed by atoms with Crippen molar-refractivity contribution in [3.63, 3.8) is 0 Å². The lowest BCUT2D eigenvalue weighted by Crippen LogP contribution is -2.38. The van der Waals surface area contributed by atoms with E-state index in [-0.39, 0.29) is 6.04 Å². The van der Waals surface area contributed by atoms with Gasteiger partial charge in [-0.1, -0.05) is 48.0 Å². The molecule has 6 rings (SSSR count). The van der Waals surface area contributed by atoms with Gasteiger partial charge in [-0.05, 0) is 49.7 Å². The number of hydrogen-bond donors (Lipinski definition) is 3. The fourth-order valence-corrected chi connectivity index (χ4v) is 5.88. The molecule has 0 aliphatic carbocycles. The number of piperidine rings is 1. The maximum Gasteiger partial charge on any atom is 0.247 e. The Morgan fingerprint density at radius 3 is 2.60 bits per heavy atom. The molecule has 1 fully saturated rings. The van der Waals surface area contributed by atoms with Crippen LogP contribution in [-0.2, 0) is 11.4 Å². The highest BCUT2D eigenvalue weighted by molar-refractivity contribution is 7.92. The first-order valence-corrected chi connectivity index (χ1v) is 14.4. The van der Waals surface area contributed by atoms with Crippen LogP contribution in [0.1, 0.15) is 12.8 Å². The van der Waals surface area contributed by atoms with Gasteiger partial charge in [-0.3, -0.25) is 0 Å². The molecule has 1 aliphatic rings. The molecule has 1 saturated heterocycles. The summed E-state index contributed by atoms with van der Waals surface area (Å²) in [6.07, 6.45) is 7.06. The van der Waals surface area contributed by atoms with E-state index in [0.717, 1.165) is 36.7 Å². The molecule has 0 spiro atoms. The highest BCUT2D eigenvalue weighted by Gasteiger charge is 2.20. The predicted octanol–water partition coefficient (Wildman–Crippen LogP) is 5.83. The third-order valence-electron chi connectivity index (χ3n) is 6.52. The van der Waals surface area contributed by atoms with Crippen LogP contribution in [0, 0.1) is 0 Å². The number of benzene rings is 3. The van der Waals surface area contributed by atoms with Gasteiger partial charge in [0.25, 0.3) is 0 Å². The third-order valence-corrected chi connectivity index (χ3v) is 8.13. The number of rotatable bonds is 8. The highest BCUT2D eigenvalue weighted by atomic mass is 35.5. The molecule has 3 heterocycles. The molecule has 1 aliphatic heterocycles. The first kappa shape index (κ1) is 26.3. The summed E-state index contributed by atoms with van der Waals surface area (Å²) in [6, 6.07) is 20.5. The topological polar surface area (TPSA) is 120 Å². The van der Waals surface area contributed by atoms with Gasteiger partial charge in [0.15, 0.2) is 10.6 Å². The van der Waals surface area contributed by atoms with Gasteiger partial charge in [0.05, 0.1) is 16.4 Å². The van der Waals surface area contributed by atoms with Crippen LogP contribution < -0.4 is 20.1 Å². The predicted molar refractivity (Wildman–Crippen MR) is 158 cm³/mol. The van der Waals surface area contributed by atoms with Crippen molar-refractivity contribution in [1.29, 1.82) is 0 Å². The number of halogens is 1. The zero-order chi connectivity index (χ0) is 27.3. The van der Waals surface area contributed by atoms with Gasteiger partial charge in [0.1, 0.15) is 17.1 Å². The van der Waals surface area contributed by atoms with E-state index in [0.29, 0.717) is 44.6 Å². The molecule has 0 radical (unpaired) electrons. The standard InChI is InChI=1S/C29H26ClN7O2S/c30-22-9-3-4-10-26(22)40(38)37-23-11-12-25(21-8-2-1-7-20(21)23)39-28-27(32-16-17-33-28)24-13-15-34-29(36-24)35-19-6-5-14-31-18-19/h1-4,7-13,15-17,19,31,37H,5-6,14,18H2,(H,34,35,36). The third kappa shape index (κ3) is 5.80. The molecule has 2 atom stereocenters. The lowest BCUT2D eigenvalue weighted by Gasteiger charge is -2.23. The Morgan fingerprint density at radius 2 is 1.75 bits per heavy atom. The lowest BCUT2D eigenvalue weighted by molar-refractivity contribution is 0.467. The zero-order valence-electron chi connectivity index (χ0n) is 21.4. The summed E-state index contributed by atoms with van der Waals surface area (Å²) >= 11 is 4.71. The van der Waals surface area contributed by atoms with E-state index in [9.17, 15) is 4.55 Å². The first-order valence-electron chi connectivity index (χ1n) is 12.9. The smallest absolute Gasteiger partial charge is 0.247 e. The lowest BCUT2D eigenvalue weighted by atomic mass is 10.1. The summed E-state index contributed by atoms with van der Waals surface area (Å²) in [5.41, 5.74) is 1.78. The molecular weight excluding hydrogens is 546 g/mol. The Bertz CT molecular complexity index is 1630. The summed E-state index contributed by atoms with van der Waals surface area (Å²) in [5, 5.41) is 8.88. The molecule has 2 unspecified atom stereocenters. The van der Waals surface area contributed by atoms with E-state index in [1.165, 1.54) is 0 Å². The average molecular weight is 572 g/mol. The van der Waals surface area contributed by atoms with Gasteiger partial charge >= 0.3 is 0 Å². The van der Waals surface area contributed by atoms with Crippen LogP contribution in [0.25, 0.3) is 22.2 Å². The van der Waals surface area contributed by atoms with Gasteiger partial charge in [-0.2, -0.15) is 0 Å². The summed E-state index contributed by atoms with van der Waals surface area (Å²) in [5.74, 6) is 1.43. The second-order valence-corrected chi connectivity index (χ2v) is 10.8. The summed E-state index contributed by atoms with van der Waals surface area (Å²) in [7, 11) is 0. The fourth-order valence-electron chi connectivity index (χ4n) is 4.60. The number of hydrogen-bond acceptors (Lipinski definition) is 9. The van der Waals surface area contributed by atoms with Gasteiger partial charge in [-0.25, -0.2) is 24.7 Å². The summed E-state index contributed by atoms with van der Waals surface area (Å²) < 4.78 is 22.5. The first-order chi connectivity index (χ1) is 19.7. The van der Waals surface area contributed by atoms with Gasteiger partial charge in [0, 0.05) is 41.9 Å². The molecule has 2 aromatic heterocycles. The van der Waals surface area contributed by atoms with Crippen molar-refractivity contribution in [2.24, 2.45) is 0 Å². The van der Waals surface area contributed by atoms with Crippen molar-refractivity contribution in [1.82, 2.24) is 25.3 Å². The largest absolute Gasteiger partial charge is 0.588 e. The van der Waals surface area contributed by atoms with Crippen molar-refractivity contribution in [3.05, 3.63) is 90.3 Å². The Balaban J connectivity index is 1.28. The van der Waals surface area contributed by atoms with E-state index >= 15 is 0 Å². The van der Waals surface area contributed by atoms with Crippen LogP contribution in [0.15, 0.2) is 90.2 Å². The number of fused-ring (bicyclic) bond motifs is 1. The quantitative estimate of drug-likeness (QED) is 0.197. The minimum absolute atomic E-state index is 0.271. The molecule has 5 aromatic rings. The SMILES string of the molecule is [O-][S+](Nc1ccc(Oc2nccnc2-c2ccnc(NC3CCCNC3)n2)c2ccccc12)c1ccccc1Cl. The molecule has 3 aromatic carbocycles. The monoisotopic (exact) mass is 571 g/mol. The highest BCUT2D eigenvalue weighted by Crippen LogP contribution is 2.37. The van der Waals surface area contributed by atoms with E-state index in [1.807, 2.05) is 36.4 Å². The Kier molecular flexibility index (Phi) is 7.92. The number of aromatic nitrogens is 4. The molecule has 0 amide bonds. The molecule has 0 saturated carbocycles. The minimum atomic E-state index is -1.55. The normalized spacial score (nSPS) is 15.9. The Morgan fingerprint density at radius 1 is 0.925 bits per heavy atom. The van der Waals surface area contributed by atoms with E-state index in [4.69, 9.17) is 21.3 Å². The van der Waals surface area contributed by atoms with Crippen molar-refractivity contribution < 1.29 is 9.29 Å². The van der Waals surface area contributed by atoms with Gasteiger partial charge in [-0.15, -0.1) is 0 Å². The second kappa shape index (κ2) is 12.1. The van der Waals surface area contributed by atoms with Crippen molar-refractivity contribution in [2.75, 3.05) is 23.1 Å². The van der Waals surface area contributed by atoms with Crippen LogP contribution in [0.4, 0.5) is 11.6 Å². The van der Waals surface area contributed by atoms with Crippen molar-refractivity contribution >= 4 is 45.4 Å². The number of nitrogens with zero attached hydrogens (tertiary/aromatic N) is 4. The summed E-state index contributed by atoms with van der Waals surface area (Å²) in [6.45, 7) is 1.90. The van der Waals surface area contributed by atoms with Crippen LogP contribution in [0.5, 0.6) is 11.6 Å². The molecule has 9 nitrogen and oxygen atoms in total. The van der Waals surface area contributed by atoms with E-state index in [2.05, 4.69) is 30.3 Å². The van der Waals surface area contributed by atoms with Crippen molar-refractivity contribution in [3.8, 4) is 23.0 Å². The van der Waals surface area contributed by atoms with Crippen LogP contribution in [0.3, 0.4) is 0 Å². The maximum atomic E-state index is 13.1. The Labute approximate surface area is 239 Å². The molecule has 202 valence electrons. The van der Waals surface area contributed by atoms with E-state index < -0.39 is 11.4 Å². The molecule has 11 heteroatoms. The number of anilines is 2.